The van der Waals surface area contributed by atoms with E-state index in [0.29, 0.717) is 0 Å². The van der Waals surface area contributed by atoms with E-state index in [4.69, 9.17) is 4.74 Å². The predicted octanol–water partition coefficient (Wildman–Crippen LogP) is 4.02. The van der Waals surface area contributed by atoms with Gasteiger partial charge in [-0.1, -0.05) is 84.9 Å². The number of ether oxygens (including phenoxy) is 1. The lowest BCUT2D eigenvalue weighted by Crippen LogP contribution is -3.00. The molecular weight excluding hydrogens is 511 g/mol. The third kappa shape index (κ3) is 5.73. The number of hydrogen-bond acceptors (Lipinski definition) is 1. The number of para-hydroxylation sites is 1. The van der Waals surface area contributed by atoms with Gasteiger partial charge in [-0.2, -0.15) is 0 Å². The molecule has 1 nitrogen and oxygen atoms in total. The summed E-state index contributed by atoms with van der Waals surface area (Å²) in [6.45, 7) is 0. The number of hydrogen-bond donors (Lipinski definition) is 0. The molecule has 0 atom stereocenters. The van der Waals surface area contributed by atoms with Gasteiger partial charge in [0.2, 0.25) is 0 Å². The standard InChI is InChI=1S/C32H28OP.BrH/c1-5-15-28(16-6-1)33-29-17-13-14-27(26-29)24-25-34(30-18-7-2-8-19-30,31-20-9-3-10-21-31)32-22-11-4-12-23-32;/h1-23,26H,24-25H2;1H/q+1;/p-1. The van der Waals surface area contributed by atoms with Crippen LogP contribution in [0.1, 0.15) is 5.56 Å². The Kier molecular flexibility index (Phi) is 8.53. The number of benzene rings is 5. The lowest BCUT2D eigenvalue weighted by molar-refractivity contribution is -0.00000709. The van der Waals surface area contributed by atoms with Crippen LogP contribution < -0.4 is 37.6 Å². The van der Waals surface area contributed by atoms with Crippen LogP contribution in [0.15, 0.2) is 146 Å². The molecule has 0 aromatic heterocycles. The zero-order chi connectivity index (χ0) is 23.1. The van der Waals surface area contributed by atoms with Crippen molar-refractivity contribution in [3.63, 3.8) is 0 Å². The molecule has 5 aromatic carbocycles. The average molecular weight is 539 g/mol. The third-order valence-corrected chi connectivity index (χ3v) is 10.6. The van der Waals surface area contributed by atoms with E-state index in [2.05, 4.69) is 109 Å². The molecule has 0 spiro atoms. The van der Waals surface area contributed by atoms with Crippen molar-refractivity contribution in [2.45, 2.75) is 6.42 Å². The Balaban J connectivity index is 0.00000289. The normalized spacial score (nSPS) is 10.9. The molecule has 0 fully saturated rings. The van der Waals surface area contributed by atoms with Gasteiger partial charge in [0.05, 0.1) is 6.16 Å². The Bertz CT molecular complexity index is 1210. The Morgan fingerprint density at radius 3 is 1.37 bits per heavy atom. The highest BCUT2D eigenvalue weighted by Gasteiger charge is 2.44. The molecule has 0 radical (unpaired) electrons. The molecule has 0 aliphatic carbocycles. The average Bonchev–Trinajstić information content (AvgIpc) is 2.92. The van der Waals surface area contributed by atoms with E-state index in [1.165, 1.54) is 21.5 Å². The van der Waals surface area contributed by atoms with Crippen molar-refractivity contribution in [2.24, 2.45) is 0 Å². The summed E-state index contributed by atoms with van der Waals surface area (Å²) in [5, 5.41) is 4.26. The topological polar surface area (TPSA) is 9.23 Å². The summed E-state index contributed by atoms with van der Waals surface area (Å²) in [4.78, 5) is 0. The zero-order valence-electron chi connectivity index (χ0n) is 19.5. The highest BCUT2D eigenvalue weighted by Crippen LogP contribution is 2.55. The van der Waals surface area contributed by atoms with E-state index in [-0.39, 0.29) is 17.0 Å². The summed E-state index contributed by atoms with van der Waals surface area (Å²) < 4.78 is 6.11. The molecule has 35 heavy (non-hydrogen) atoms. The first kappa shape index (κ1) is 24.9. The minimum absolute atomic E-state index is 0. The van der Waals surface area contributed by atoms with Gasteiger partial charge >= 0.3 is 0 Å². The van der Waals surface area contributed by atoms with E-state index >= 15 is 0 Å². The molecule has 0 saturated carbocycles. The summed E-state index contributed by atoms with van der Waals surface area (Å²) in [5.74, 6) is 1.74. The SMILES string of the molecule is [Br-].c1ccc(Oc2cccc(CC[P+](c3ccccc3)(c3ccccc3)c3ccccc3)c2)cc1. The molecule has 0 amide bonds. The molecule has 174 valence electrons. The monoisotopic (exact) mass is 538 g/mol. The Hall–Kier alpha value is -3.19. The van der Waals surface area contributed by atoms with E-state index in [1.54, 1.807) is 0 Å². The molecule has 5 rings (SSSR count). The molecule has 0 aliphatic heterocycles. The van der Waals surface area contributed by atoms with Crippen molar-refractivity contribution in [1.82, 2.24) is 0 Å². The van der Waals surface area contributed by atoms with E-state index < -0.39 is 7.26 Å². The second-order valence-electron chi connectivity index (χ2n) is 8.35. The van der Waals surface area contributed by atoms with Crippen LogP contribution in [-0.2, 0) is 6.42 Å². The first-order valence-corrected chi connectivity index (χ1v) is 13.7. The van der Waals surface area contributed by atoms with Gasteiger partial charge in [-0.25, -0.2) is 0 Å². The van der Waals surface area contributed by atoms with Crippen molar-refractivity contribution < 1.29 is 21.7 Å². The molecule has 0 aliphatic rings. The Labute approximate surface area is 219 Å². The maximum absolute atomic E-state index is 6.11. The maximum Gasteiger partial charge on any atom is 0.127 e. The summed E-state index contributed by atoms with van der Waals surface area (Å²) in [5.41, 5.74) is 1.29. The van der Waals surface area contributed by atoms with E-state index in [0.717, 1.165) is 24.1 Å². The van der Waals surface area contributed by atoms with Crippen molar-refractivity contribution in [3.8, 4) is 11.5 Å². The van der Waals surface area contributed by atoms with E-state index in [1.807, 2.05) is 36.4 Å². The zero-order valence-corrected chi connectivity index (χ0v) is 22.0. The third-order valence-electron chi connectivity index (χ3n) is 6.20. The van der Waals surface area contributed by atoms with Gasteiger partial charge in [0, 0.05) is 6.42 Å². The van der Waals surface area contributed by atoms with Gasteiger partial charge in [-0.05, 0) is 66.2 Å². The van der Waals surface area contributed by atoms with Crippen LogP contribution >= 0.6 is 7.26 Å². The highest BCUT2D eigenvalue weighted by atomic mass is 79.9. The fourth-order valence-corrected chi connectivity index (χ4v) is 8.87. The Morgan fingerprint density at radius 1 is 0.457 bits per heavy atom. The molecule has 0 heterocycles. The van der Waals surface area contributed by atoms with Crippen molar-refractivity contribution in [3.05, 3.63) is 151 Å². The lowest BCUT2D eigenvalue weighted by Gasteiger charge is -2.27. The molecule has 5 aromatic rings. The fourth-order valence-electron chi connectivity index (χ4n) is 4.57. The number of halogens is 1. The summed E-state index contributed by atoms with van der Waals surface area (Å²) in [6, 6.07) is 51.7. The molecule has 0 saturated heterocycles. The molecular formula is C32H28BrOP. The van der Waals surface area contributed by atoms with Gasteiger partial charge in [-0.15, -0.1) is 0 Å². The van der Waals surface area contributed by atoms with Crippen LogP contribution in [0.4, 0.5) is 0 Å². The molecule has 0 N–H and O–H groups in total. The van der Waals surface area contributed by atoms with Crippen LogP contribution in [0.3, 0.4) is 0 Å². The van der Waals surface area contributed by atoms with Gasteiger partial charge in [-0.3, -0.25) is 0 Å². The highest BCUT2D eigenvalue weighted by molar-refractivity contribution is 7.95. The largest absolute Gasteiger partial charge is 1.00 e. The lowest BCUT2D eigenvalue weighted by atomic mass is 10.1. The van der Waals surface area contributed by atoms with Crippen LogP contribution in [0.5, 0.6) is 11.5 Å². The number of rotatable bonds is 8. The van der Waals surface area contributed by atoms with Crippen LogP contribution in [0, 0.1) is 0 Å². The van der Waals surface area contributed by atoms with Crippen molar-refractivity contribution in [1.29, 1.82) is 0 Å². The van der Waals surface area contributed by atoms with Crippen LogP contribution in [0.2, 0.25) is 0 Å². The van der Waals surface area contributed by atoms with Gasteiger partial charge < -0.3 is 21.7 Å². The fraction of sp³-hybridized carbons (Fsp3) is 0.0625. The van der Waals surface area contributed by atoms with Crippen LogP contribution in [-0.4, -0.2) is 6.16 Å². The van der Waals surface area contributed by atoms with Gasteiger partial charge in [0.15, 0.2) is 0 Å². The number of aryl methyl sites for hydroxylation is 1. The van der Waals surface area contributed by atoms with Crippen LogP contribution in [0.25, 0.3) is 0 Å². The minimum Gasteiger partial charge on any atom is -1.00 e. The van der Waals surface area contributed by atoms with Gasteiger partial charge in [0.1, 0.15) is 34.7 Å². The van der Waals surface area contributed by atoms with Crippen molar-refractivity contribution >= 4 is 23.2 Å². The molecule has 3 heteroatoms. The predicted molar refractivity (Wildman–Crippen MR) is 147 cm³/mol. The molecule has 0 unspecified atom stereocenters. The quantitative estimate of drug-likeness (QED) is 0.271. The molecule has 0 bridgehead atoms. The summed E-state index contributed by atoms with van der Waals surface area (Å²) in [7, 11) is -1.84. The van der Waals surface area contributed by atoms with Crippen molar-refractivity contribution in [2.75, 3.05) is 6.16 Å². The smallest absolute Gasteiger partial charge is 0.127 e. The minimum atomic E-state index is -1.84. The second kappa shape index (κ2) is 12.0. The second-order valence-corrected chi connectivity index (χ2v) is 12.0. The first-order chi connectivity index (χ1) is 16.8. The van der Waals surface area contributed by atoms with E-state index in [9.17, 15) is 0 Å². The first-order valence-electron chi connectivity index (χ1n) is 11.7. The van der Waals surface area contributed by atoms with Gasteiger partial charge in [0.25, 0.3) is 0 Å². The maximum atomic E-state index is 6.11. The Morgan fingerprint density at radius 2 is 0.886 bits per heavy atom. The summed E-state index contributed by atoms with van der Waals surface area (Å²) in [6.07, 6.45) is 2.03. The summed E-state index contributed by atoms with van der Waals surface area (Å²) >= 11 is 0.